The standard InChI is InChI=1S/C17H20FNO4S/c1-12-5-4-6-16(13(12)2)23-10-9-19-24(20,21)14-7-8-17(22-3)15(18)11-14/h4-8,11,19H,9-10H2,1-3H3. The second kappa shape index (κ2) is 7.63. The molecular weight excluding hydrogens is 333 g/mol. The van der Waals surface area contributed by atoms with E-state index in [1.807, 2.05) is 32.0 Å². The second-order valence-electron chi connectivity index (χ2n) is 5.24. The highest BCUT2D eigenvalue weighted by Crippen LogP contribution is 2.21. The van der Waals surface area contributed by atoms with Crippen LogP contribution in [0.2, 0.25) is 0 Å². The van der Waals surface area contributed by atoms with Crippen molar-refractivity contribution in [2.24, 2.45) is 0 Å². The van der Waals surface area contributed by atoms with Crippen molar-refractivity contribution in [3.63, 3.8) is 0 Å². The van der Waals surface area contributed by atoms with Gasteiger partial charge in [0, 0.05) is 6.54 Å². The van der Waals surface area contributed by atoms with E-state index in [-0.39, 0.29) is 23.8 Å². The minimum atomic E-state index is -3.81. The number of rotatable bonds is 7. The Bertz CT molecular complexity index is 821. The van der Waals surface area contributed by atoms with Crippen LogP contribution in [0.15, 0.2) is 41.3 Å². The van der Waals surface area contributed by atoms with Crippen LogP contribution in [-0.2, 0) is 10.0 Å². The summed E-state index contributed by atoms with van der Waals surface area (Å²) >= 11 is 0. The number of halogens is 1. The topological polar surface area (TPSA) is 64.6 Å². The lowest BCUT2D eigenvalue weighted by Gasteiger charge is -2.12. The van der Waals surface area contributed by atoms with Crippen molar-refractivity contribution in [3.8, 4) is 11.5 Å². The molecule has 7 heteroatoms. The fourth-order valence-electron chi connectivity index (χ4n) is 2.12. The van der Waals surface area contributed by atoms with Crippen LogP contribution < -0.4 is 14.2 Å². The van der Waals surface area contributed by atoms with Gasteiger partial charge < -0.3 is 9.47 Å². The molecule has 24 heavy (non-hydrogen) atoms. The molecule has 0 fully saturated rings. The number of benzene rings is 2. The summed E-state index contributed by atoms with van der Waals surface area (Å²) in [5.41, 5.74) is 2.11. The molecule has 1 N–H and O–H groups in total. The number of ether oxygens (including phenoxy) is 2. The maximum atomic E-state index is 13.6. The van der Waals surface area contributed by atoms with Gasteiger partial charge in [0.05, 0.1) is 12.0 Å². The smallest absolute Gasteiger partial charge is 0.240 e. The Morgan fingerprint density at radius 1 is 1.12 bits per heavy atom. The first kappa shape index (κ1) is 18.2. The van der Waals surface area contributed by atoms with E-state index in [1.54, 1.807) is 0 Å². The van der Waals surface area contributed by atoms with Crippen molar-refractivity contribution in [2.75, 3.05) is 20.3 Å². The van der Waals surface area contributed by atoms with E-state index >= 15 is 0 Å². The van der Waals surface area contributed by atoms with Crippen molar-refractivity contribution in [1.82, 2.24) is 4.72 Å². The number of methoxy groups -OCH3 is 1. The molecule has 0 amide bonds. The summed E-state index contributed by atoms with van der Waals surface area (Å²) in [4.78, 5) is -0.160. The van der Waals surface area contributed by atoms with Gasteiger partial charge >= 0.3 is 0 Å². The molecular formula is C17H20FNO4S. The van der Waals surface area contributed by atoms with Crippen molar-refractivity contribution in [1.29, 1.82) is 0 Å². The predicted molar refractivity (Wildman–Crippen MR) is 89.6 cm³/mol. The molecule has 0 atom stereocenters. The maximum Gasteiger partial charge on any atom is 0.240 e. The number of aryl methyl sites for hydroxylation is 1. The maximum absolute atomic E-state index is 13.6. The molecule has 2 aromatic carbocycles. The third-order valence-electron chi connectivity index (χ3n) is 3.64. The molecule has 0 saturated carbocycles. The SMILES string of the molecule is COc1ccc(S(=O)(=O)NCCOc2cccc(C)c2C)cc1F. The van der Waals surface area contributed by atoms with Crippen LogP contribution in [0.25, 0.3) is 0 Å². The molecule has 2 rings (SSSR count). The Kier molecular flexibility index (Phi) is 5.80. The molecule has 0 aromatic heterocycles. The summed E-state index contributed by atoms with van der Waals surface area (Å²) in [5, 5.41) is 0. The number of hydrogen-bond acceptors (Lipinski definition) is 4. The summed E-state index contributed by atoms with van der Waals surface area (Å²) in [6.45, 7) is 4.16. The average Bonchev–Trinajstić information content (AvgIpc) is 2.55. The van der Waals surface area contributed by atoms with Crippen molar-refractivity contribution < 1.29 is 22.3 Å². The van der Waals surface area contributed by atoms with E-state index in [0.29, 0.717) is 5.75 Å². The fourth-order valence-corrected chi connectivity index (χ4v) is 3.14. The number of nitrogens with one attached hydrogen (secondary N) is 1. The Balaban J connectivity index is 1.96. The van der Waals surface area contributed by atoms with Crippen molar-refractivity contribution in [2.45, 2.75) is 18.7 Å². The molecule has 0 radical (unpaired) electrons. The third kappa shape index (κ3) is 4.24. The Morgan fingerprint density at radius 2 is 1.88 bits per heavy atom. The molecule has 0 spiro atoms. The first-order valence-corrected chi connectivity index (χ1v) is 8.85. The zero-order valence-corrected chi connectivity index (χ0v) is 14.6. The average molecular weight is 353 g/mol. The summed E-state index contributed by atoms with van der Waals surface area (Å²) in [7, 11) is -2.49. The van der Waals surface area contributed by atoms with Gasteiger partial charge in [-0.1, -0.05) is 12.1 Å². The van der Waals surface area contributed by atoms with Crippen LogP contribution in [0.4, 0.5) is 4.39 Å². The van der Waals surface area contributed by atoms with Gasteiger partial charge in [-0.2, -0.15) is 0 Å². The minimum Gasteiger partial charge on any atom is -0.494 e. The highest BCUT2D eigenvalue weighted by atomic mass is 32.2. The van der Waals surface area contributed by atoms with Crippen LogP contribution >= 0.6 is 0 Å². The molecule has 130 valence electrons. The van der Waals surface area contributed by atoms with E-state index in [2.05, 4.69) is 4.72 Å². The van der Waals surface area contributed by atoms with Gasteiger partial charge in [0.25, 0.3) is 0 Å². The molecule has 0 aliphatic heterocycles. The summed E-state index contributed by atoms with van der Waals surface area (Å²) in [5.74, 6) is -0.0242. The van der Waals surface area contributed by atoms with E-state index in [1.165, 1.54) is 19.2 Å². The van der Waals surface area contributed by atoms with Gasteiger partial charge in [0.1, 0.15) is 12.4 Å². The van der Waals surface area contributed by atoms with Gasteiger partial charge in [-0.25, -0.2) is 17.5 Å². The van der Waals surface area contributed by atoms with E-state index < -0.39 is 15.8 Å². The monoisotopic (exact) mass is 353 g/mol. The van der Waals surface area contributed by atoms with Crippen LogP contribution in [-0.4, -0.2) is 28.7 Å². The van der Waals surface area contributed by atoms with Gasteiger partial charge in [0.15, 0.2) is 11.6 Å². The first-order valence-electron chi connectivity index (χ1n) is 7.37. The molecule has 0 bridgehead atoms. The molecule has 5 nitrogen and oxygen atoms in total. The highest BCUT2D eigenvalue weighted by Gasteiger charge is 2.16. The Hall–Kier alpha value is -2.12. The lowest BCUT2D eigenvalue weighted by atomic mass is 10.1. The van der Waals surface area contributed by atoms with Crippen molar-refractivity contribution in [3.05, 3.63) is 53.3 Å². The van der Waals surface area contributed by atoms with Crippen LogP contribution in [0.3, 0.4) is 0 Å². The highest BCUT2D eigenvalue weighted by molar-refractivity contribution is 7.89. The fraction of sp³-hybridized carbons (Fsp3) is 0.294. The first-order chi connectivity index (χ1) is 11.3. The number of hydrogen-bond donors (Lipinski definition) is 1. The van der Waals surface area contributed by atoms with Gasteiger partial charge in [-0.05, 0) is 49.2 Å². The Morgan fingerprint density at radius 3 is 2.54 bits per heavy atom. The van der Waals surface area contributed by atoms with Gasteiger partial charge in [0.2, 0.25) is 10.0 Å². The van der Waals surface area contributed by atoms with Crippen molar-refractivity contribution >= 4 is 10.0 Å². The molecule has 0 aliphatic carbocycles. The second-order valence-corrected chi connectivity index (χ2v) is 7.01. The molecule has 0 saturated heterocycles. The lowest BCUT2D eigenvalue weighted by Crippen LogP contribution is -2.28. The molecule has 0 aliphatic rings. The molecule has 0 unspecified atom stereocenters. The van der Waals surface area contributed by atoms with Crippen LogP contribution in [0.1, 0.15) is 11.1 Å². The predicted octanol–water partition coefficient (Wildman–Crippen LogP) is 2.81. The third-order valence-corrected chi connectivity index (χ3v) is 5.10. The minimum absolute atomic E-state index is 0.00722. The zero-order chi connectivity index (χ0) is 17.7. The summed E-state index contributed by atoms with van der Waals surface area (Å²) in [6.07, 6.45) is 0. The van der Waals surface area contributed by atoms with Gasteiger partial charge in [-0.15, -0.1) is 0 Å². The molecule has 0 heterocycles. The molecule has 2 aromatic rings. The number of sulfonamides is 1. The summed E-state index contributed by atoms with van der Waals surface area (Å²) in [6, 6.07) is 9.17. The van der Waals surface area contributed by atoms with Gasteiger partial charge in [-0.3, -0.25) is 0 Å². The zero-order valence-electron chi connectivity index (χ0n) is 13.8. The summed E-state index contributed by atoms with van der Waals surface area (Å²) < 4.78 is 50.7. The van der Waals surface area contributed by atoms with E-state index in [4.69, 9.17) is 9.47 Å². The van der Waals surface area contributed by atoms with E-state index in [0.717, 1.165) is 17.2 Å². The normalized spacial score (nSPS) is 11.3. The lowest BCUT2D eigenvalue weighted by molar-refractivity contribution is 0.320. The van der Waals surface area contributed by atoms with Crippen LogP contribution in [0.5, 0.6) is 11.5 Å². The largest absolute Gasteiger partial charge is 0.494 e. The van der Waals surface area contributed by atoms with E-state index in [9.17, 15) is 12.8 Å². The quantitative estimate of drug-likeness (QED) is 0.778. The van der Waals surface area contributed by atoms with Crippen LogP contribution in [0, 0.1) is 19.7 Å². The Labute approximate surface area is 141 Å².